The Hall–Kier alpha value is -5.16. The summed E-state index contributed by atoms with van der Waals surface area (Å²) in [6, 6.07) is 20.0. The number of rotatable bonds is 7. The number of aryl methyl sites for hydroxylation is 1. The molecule has 0 fully saturated rings. The van der Waals surface area contributed by atoms with Crippen LogP contribution in [0.2, 0.25) is 5.02 Å². The van der Waals surface area contributed by atoms with Crippen LogP contribution >= 0.6 is 11.6 Å². The Balaban J connectivity index is 1.29. The van der Waals surface area contributed by atoms with Gasteiger partial charge in [-0.3, -0.25) is 19.7 Å². The number of nitro groups is 1. The van der Waals surface area contributed by atoms with Crippen LogP contribution in [0.1, 0.15) is 50.6 Å². The number of carbonyl (C=O) groups is 2. The molecule has 0 radical (unpaired) electrons. The smallest absolute Gasteiger partial charge is 0.291 e. The fraction of sp³-hybridized carbons (Fsp3) is 0.138. The second-order valence-corrected chi connectivity index (χ2v) is 9.57. The highest BCUT2D eigenvalue weighted by atomic mass is 35.5. The lowest BCUT2D eigenvalue weighted by Gasteiger charge is -2.13. The number of fused-ring (bicyclic) bond motifs is 1. The number of hydrazone groups is 1. The van der Waals surface area contributed by atoms with Crippen molar-refractivity contribution in [2.75, 3.05) is 5.32 Å². The van der Waals surface area contributed by atoms with Gasteiger partial charge in [0.05, 0.1) is 22.0 Å². The third-order valence-corrected chi connectivity index (χ3v) is 6.71. The van der Waals surface area contributed by atoms with E-state index >= 15 is 0 Å². The van der Waals surface area contributed by atoms with Gasteiger partial charge in [0.2, 0.25) is 0 Å². The lowest BCUT2D eigenvalue weighted by Crippen LogP contribution is -2.22. The van der Waals surface area contributed by atoms with Gasteiger partial charge in [-0.05, 0) is 68.3 Å². The van der Waals surface area contributed by atoms with Gasteiger partial charge in [-0.25, -0.2) is 5.43 Å². The van der Waals surface area contributed by atoms with Gasteiger partial charge in [0, 0.05) is 34.9 Å². The number of nitrogens with one attached hydrogen (secondary N) is 2. The maximum Gasteiger partial charge on any atom is 0.291 e. The number of anilines is 1. The maximum atomic E-state index is 13.1. The molecule has 2 amide bonds. The van der Waals surface area contributed by atoms with Crippen molar-refractivity contribution >= 4 is 51.9 Å². The van der Waals surface area contributed by atoms with E-state index in [1.807, 2.05) is 30.3 Å². The lowest BCUT2D eigenvalue weighted by molar-refractivity contribution is -0.384. The van der Waals surface area contributed by atoms with Crippen LogP contribution in [0.15, 0.2) is 92.5 Å². The molecule has 0 saturated carbocycles. The van der Waals surface area contributed by atoms with Gasteiger partial charge in [0.25, 0.3) is 17.5 Å². The Kier molecular flexibility index (Phi) is 7.97. The van der Waals surface area contributed by atoms with E-state index in [1.54, 1.807) is 31.2 Å². The molecule has 0 atom stereocenters. The number of furan rings is 1. The summed E-state index contributed by atoms with van der Waals surface area (Å²) in [5, 5.41) is 26.6. The van der Waals surface area contributed by atoms with Crippen molar-refractivity contribution in [2.24, 2.45) is 15.3 Å². The minimum absolute atomic E-state index is 0.0398. The summed E-state index contributed by atoms with van der Waals surface area (Å²) < 4.78 is 5.93. The van der Waals surface area contributed by atoms with E-state index in [1.165, 1.54) is 12.1 Å². The zero-order valence-electron chi connectivity index (χ0n) is 21.8. The first-order chi connectivity index (χ1) is 19.8. The predicted octanol–water partition coefficient (Wildman–Crippen LogP) is 7.29. The van der Waals surface area contributed by atoms with E-state index in [9.17, 15) is 19.7 Å². The first-order valence-corrected chi connectivity index (χ1v) is 13.0. The molecule has 12 heteroatoms. The van der Waals surface area contributed by atoms with E-state index in [0.29, 0.717) is 53.2 Å². The molecule has 4 aromatic rings. The molecule has 11 nitrogen and oxygen atoms in total. The molecule has 1 aromatic heterocycles. The minimum Gasteiger partial charge on any atom is -0.455 e. The second-order valence-electron chi connectivity index (χ2n) is 9.17. The molecule has 0 bridgehead atoms. The highest BCUT2D eigenvalue weighted by molar-refractivity contribution is 6.32. The van der Waals surface area contributed by atoms with E-state index in [-0.39, 0.29) is 22.0 Å². The van der Waals surface area contributed by atoms with Crippen LogP contribution in [-0.4, -0.2) is 22.4 Å². The van der Waals surface area contributed by atoms with E-state index in [4.69, 9.17) is 16.0 Å². The third kappa shape index (κ3) is 6.20. The standard InChI is InChI=1S/C29H23ClN6O5/c1-17-26-23(34-35-28(37)18-10-15-22(30)24(16-18)36(39)40)8-5-9-25(26)41-27(17)29(38)31-19-11-13-21(14-12-19)33-32-20-6-3-2-4-7-20/h2-4,6-7,10-16H,5,8-9H2,1H3,(H,31,38)(H,35,37). The van der Waals surface area contributed by atoms with Crippen LogP contribution in [0.3, 0.4) is 0 Å². The van der Waals surface area contributed by atoms with Crippen LogP contribution in [0, 0.1) is 17.0 Å². The Bertz CT molecular complexity index is 1700. The molecule has 1 aliphatic rings. The number of hydrogen-bond donors (Lipinski definition) is 2. The average molecular weight is 571 g/mol. The molecule has 0 spiro atoms. The molecule has 5 rings (SSSR count). The topological polar surface area (TPSA) is 152 Å². The van der Waals surface area contributed by atoms with Crippen molar-refractivity contribution in [2.45, 2.75) is 26.2 Å². The van der Waals surface area contributed by atoms with Gasteiger partial charge in [0.1, 0.15) is 10.8 Å². The van der Waals surface area contributed by atoms with Crippen LogP contribution in [0.25, 0.3) is 0 Å². The minimum atomic E-state index is -0.661. The fourth-order valence-corrected chi connectivity index (χ4v) is 4.57. The van der Waals surface area contributed by atoms with Crippen molar-refractivity contribution in [3.05, 3.63) is 116 Å². The number of nitrogens with zero attached hydrogens (tertiary/aromatic N) is 4. The Morgan fingerprint density at radius 3 is 2.37 bits per heavy atom. The lowest BCUT2D eigenvalue weighted by atomic mass is 9.93. The van der Waals surface area contributed by atoms with Crippen LogP contribution < -0.4 is 10.7 Å². The summed E-state index contributed by atoms with van der Waals surface area (Å²) in [7, 11) is 0. The number of amides is 2. The van der Waals surface area contributed by atoms with Gasteiger partial charge in [-0.1, -0.05) is 29.8 Å². The monoisotopic (exact) mass is 570 g/mol. The van der Waals surface area contributed by atoms with Gasteiger partial charge in [-0.15, -0.1) is 0 Å². The summed E-state index contributed by atoms with van der Waals surface area (Å²) in [6.07, 6.45) is 1.87. The van der Waals surface area contributed by atoms with Gasteiger partial charge >= 0.3 is 0 Å². The molecule has 2 N–H and O–H groups in total. The summed E-state index contributed by atoms with van der Waals surface area (Å²) in [6.45, 7) is 1.76. The SMILES string of the molecule is Cc1c(C(=O)Nc2ccc(N=Nc3ccccc3)cc2)oc2c1C(=NNC(=O)c1ccc(Cl)c([N+](=O)[O-])c1)CCC2. The predicted molar refractivity (Wildman–Crippen MR) is 154 cm³/mol. The maximum absolute atomic E-state index is 13.1. The van der Waals surface area contributed by atoms with Crippen molar-refractivity contribution in [1.29, 1.82) is 0 Å². The quantitative estimate of drug-likeness (QED) is 0.136. The van der Waals surface area contributed by atoms with Crippen molar-refractivity contribution in [3.63, 3.8) is 0 Å². The second kappa shape index (κ2) is 11.9. The molecule has 41 heavy (non-hydrogen) atoms. The molecule has 1 aliphatic carbocycles. The number of halogens is 1. The first kappa shape index (κ1) is 27.4. The molecule has 0 unspecified atom stereocenters. The van der Waals surface area contributed by atoms with E-state index < -0.39 is 16.7 Å². The Morgan fingerprint density at radius 1 is 0.951 bits per heavy atom. The summed E-state index contributed by atoms with van der Waals surface area (Å²) in [4.78, 5) is 36.2. The Labute approximate surface area is 239 Å². The molecule has 3 aromatic carbocycles. The van der Waals surface area contributed by atoms with Gasteiger partial charge in [-0.2, -0.15) is 15.3 Å². The summed E-state index contributed by atoms with van der Waals surface area (Å²) >= 11 is 5.84. The highest BCUT2D eigenvalue weighted by Crippen LogP contribution is 2.31. The van der Waals surface area contributed by atoms with Crippen LogP contribution in [0.4, 0.5) is 22.7 Å². The van der Waals surface area contributed by atoms with Gasteiger partial charge in [0.15, 0.2) is 5.76 Å². The molecule has 0 saturated heterocycles. The van der Waals surface area contributed by atoms with E-state index in [0.717, 1.165) is 11.8 Å². The summed E-state index contributed by atoms with van der Waals surface area (Å²) in [5.74, 6) is -0.300. The molecule has 206 valence electrons. The normalized spacial score (nSPS) is 13.7. The first-order valence-electron chi connectivity index (χ1n) is 12.6. The molecule has 0 aliphatic heterocycles. The zero-order chi connectivity index (χ0) is 28.9. The van der Waals surface area contributed by atoms with Crippen molar-refractivity contribution < 1.29 is 18.9 Å². The highest BCUT2D eigenvalue weighted by Gasteiger charge is 2.28. The molecular formula is C29H23ClN6O5. The zero-order valence-corrected chi connectivity index (χ0v) is 22.5. The van der Waals surface area contributed by atoms with Gasteiger partial charge < -0.3 is 9.73 Å². The largest absolute Gasteiger partial charge is 0.455 e. The molecular weight excluding hydrogens is 548 g/mol. The number of hydrogen-bond acceptors (Lipinski definition) is 8. The van der Waals surface area contributed by atoms with E-state index in [2.05, 4.69) is 26.1 Å². The fourth-order valence-electron chi connectivity index (χ4n) is 4.38. The number of carbonyl (C=O) groups excluding carboxylic acids is 2. The Morgan fingerprint density at radius 2 is 1.66 bits per heavy atom. The van der Waals surface area contributed by atoms with Crippen LogP contribution in [0.5, 0.6) is 0 Å². The van der Waals surface area contributed by atoms with Crippen LogP contribution in [-0.2, 0) is 6.42 Å². The number of nitro benzene ring substituents is 1. The third-order valence-electron chi connectivity index (χ3n) is 6.39. The summed E-state index contributed by atoms with van der Waals surface area (Å²) in [5.41, 5.74) is 5.86. The van der Waals surface area contributed by atoms with Crippen molar-refractivity contribution in [3.8, 4) is 0 Å². The van der Waals surface area contributed by atoms with Crippen molar-refractivity contribution in [1.82, 2.24) is 5.43 Å². The number of azo groups is 1. The average Bonchev–Trinajstić information content (AvgIpc) is 3.33. The number of benzene rings is 3. The molecule has 1 heterocycles.